The Kier molecular flexibility index (Phi) is 7.67. The van der Waals surface area contributed by atoms with Crippen molar-refractivity contribution in [3.63, 3.8) is 0 Å². The molecule has 0 bridgehead atoms. The predicted molar refractivity (Wildman–Crippen MR) is 104 cm³/mol. The van der Waals surface area contributed by atoms with Crippen LogP contribution in [0.4, 0.5) is 5.69 Å². The van der Waals surface area contributed by atoms with E-state index in [1.165, 1.54) is 18.7 Å². The van der Waals surface area contributed by atoms with Crippen LogP contribution in [0.25, 0.3) is 0 Å². The van der Waals surface area contributed by atoms with E-state index in [4.69, 9.17) is 9.47 Å². The van der Waals surface area contributed by atoms with Crippen molar-refractivity contribution in [2.45, 2.75) is 31.6 Å². The lowest BCUT2D eigenvalue weighted by atomic mass is 10.2. The maximum absolute atomic E-state index is 12.3. The summed E-state index contributed by atoms with van der Waals surface area (Å²) in [6, 6.07) is 7.74. The van der Waals surface area contributed by atoms with Gasteiger partial charge in [0.25, 0.3) is 0 Å². The van der Waals surface area contributed by atoms with E-state index < -0.39 is 11.9 Å². The van der Waals surface area contributed by atoms with Gasteiger partial charge >= 0.3 is 11.9 Å². The van der Waals surface area contributed by atoms with Gasteiger partial charge in [0.2, 0.25) is 0 Å². The molecule has 0 amide bonds. The van der Waals surface area contributed by atoms with Gasteiger partial charge in [-0.1, -0.05) is 30.5 Å². The molecule has 1 aliphatic rings. The van der Waals surface area contributed by atoms with Gasteiger partial charge in [-0.05, 0) is 38.8 Å². The van der Waals surface area contributed by atoms with E-state index in [1.54, 1.807) is 6.92 Å². The number of hydrogen-bond acceptors (Lipinski definition) is 7. The third kappa shape index (κ3) is 5.23. The molecule has 0 saturated heterocycles. The van der Waals surface area contributed by atoms with Gasteiger partial charge in [-0.15, -0.1) is 0 Å². The molecule has 0 spiro atoms. The van der Waals surface area contributed by atoms with Crippen molar-refractivity contribution in [3.8, 4) is 0 Å². The number of carbonyl (C=O) groups is 3. The van der Waals surface area contributed by atoms with Crippen molar-refractivity contribution in [2.24, 2.45) is 0 Å². The normalized spacial score (nSPS) is 14.4. The first-order valence-electron chi connectivity index (χ1n) is 8.75. The summed E-state index contributed by atoms with van der Waals surface area (Å²) in [5.41, 5.74) is 1.01. The van der Waals surface area contributed by atoms with E-state index in [2.05, 4.69) is 6.58 Å². The number of fused-ring (bicyclic) bond motifs is 1. The van der Waals surface area contributed by atoms with Crippen molar-refractivity contribution >= 4 is 35.2 Å². The van der Waals surface area contributed by atoms with Crippen molar-refractivity contribution in [3.05, 3.63) is 47.5 Å². The Hall–Kier alpha value is -2.54. The monoisotopic (exact) mass is 389 g/mol. The van der Waals surface area contributed by atoms with Gasteiger partial charge in [0, 0.05) is 17.5 Å². The van der Waals surface area contributed by atoms with Crippen LogP contribution in [0.5, 0.6) is 0 Å². The summed E-state index contributed by atoms with van der Waals surface area (Å²) in [6.07, 6.45) is 2.51. The van der Waals surface area contributed by atoms with Crippen molar-refractivity contribution in [2.75, 3.05) is 24.7 Å². The van der Waals surface area contributed by atoms with Gasteiger partial charge in [-0.2, -0.15) is 0 Å². The number of ketones is 1. The number of Topliss-reactive ketones (excluding diaryl/α,β-unsaturated/α-hetero) is 1. The van der Waals surface area contributed by atoms with Gasteiger partial charge in [-0.25, -0.2) is 9.59 Å². The zero-order chi connectivity index (χ0) is 19.8. The minimum absolute atomic E-state index is 0.0659. The molecule has 1 aliphatic heterocycles. The van der Waals surface area contributed by atoms with E-state index in [0.717, 1.165) is 23.1 Å². The highest BCUT2D eigenvalue weighted by Crippen LogP contribution is 2.47. The van der Waals surface area contributed by atoms with Crippen LogP contribution < -0.4 is 4.90 Å². The Morgan fingerprint density at radius 3 is 2.59 bits per heavy atom. The SMILES string of the molecule is C=CC(=O)OCCCCN1/C(=C(/C(C)=O)C(=O)OCC)Sc2ccccc21. The van der Waals surface area contributed by atoms with E-state index in [1.807, 2.05) is 29.2 Å². The van der Waals surface area contributed by atoms with Crippen LogP contribution >= 0.6 is 11.8 Å². The van der Waals surface area contributed by atoms with E-state index in [9.17, 15) is 14.4 Å². The van der Waals surface area contributed by atoms with Crippen LogP contribution in [-0.2, 0) is 23.9 Å². The number of thioether (sulfide) groups is 1. The highest BCUT2D eigenvalue weighted by molar-refractivity contribution is 8.03. The fourth-order valence-corrected chi connectivity index (χ4v) is 3.90. The van der Waals surface area contributed by atoms with Crippen molar-refractivity contribution in [1.82, 2.24) is 0 Å². The zero-order valence-electron chi connectivity index (χ0n) is 15.5. The minimum Gasteiger partial charge on any atom is -0.463 e. The number of para-hydroxylation sites is 1. The maximum atomic E-state index is 12.3. The molecule has 0 aromatic heterocycles. The predicted octanol–water partition coefficient (Wildman–Crippen LogP) is 3.47. The summed E-state index contributed by atoms with van der Waals surface area (Å²) >= 11 is 1.39. The highest BCUT2D eigenvalue weighted by atomic mass is 32.2. The molecule has 0 aliphatic carbocycles. The van der Waals surface area contributed by atoms with Gasteiger partial charge in [0.1, 0.15) is 5.57 Å². The fourth-order valence-electron chi connectivity index (χ4n) is 2.63. The summed E-state index contributed by atoms with van der Waals surface area (Å²) in [4.78, 5) is 38.5. The number of anilines is 1. The Morgan fingerprint density at radius 1 is 1.19 bits per heavy atom. The van der Waals surface area contributed by atoms with Crippen molar-refractivity contribution in [1.29, 1.82) is 0 Å². The van der Waals surface area contributed by atoms with Crippen LogP contribution in [0.1, 0.15) is 26.7 Å². The van der Waals surface area contributed by atoms with Crippen LogP contribution in [0, 0.1) is 0 Å². The number of esters is 2. The molecule has 6 nitrogen and oxygen atoms in total. The molecule has 0 unspecified atom stereocenters. The smallest absolute Gasteiger partial charge is 0.344 e. The third-order valence-corrected chi connectivity index (χ3v) is 5.02. The molecular weight excluding hydrogens is 366 g/mol. The molecule has 1 aromatic carbocycles. The molecule has 1 aromatic rings. The van der Waals surface area contributed by atoms with Gasteiger partial charge in [0.05, 0.1) is 23.9 Å². The third-order valence-electron chi connectivity index (χ3n) is 3.84. The fraction of sp³-hybridized carbons (Fsp3) is 0.350. The Labute approximate surface area is 163 Å². The molecule has 1 heterocycles. The Morgan fingerprint density at radius 2 is 1.93 bits per heavy atom. The standard InChI is InChI=1S/C20H23NO5S/c1-4-17(23)26-13-9-8-12-21-15-10-6-7-11-16(15)27-19(21)18(14(3)22)20(24)25-5-2/h4,6-7,10-11H,1,5,8-9,12-13H2,2-3H3/b19-18+. The first-order chi connectivity index (χ1) is 13.0. The van der Waals surface area contributed by atoms with Crippen molar-refractivity contribution < 1.29 is 23.9 Å². The number of unbranched alkanes of at least 4 members (excludes halogenated alkanes) is 1. The number of rotatable bonds is 9. The number of hydrogen-bond donors (Lipinski definition) is 0. The lowest BCUT2D eigenvalue weighted by Gasteiger charge is -2.22. The van der Waals surface area contributed by atoms with E-state index >= 15 is 0 Å². The topological polar surface area (TPSA) is 72.9 Å². The Bertz CT molecular complexity index is 771. The molecule has 2 rings (SSSR count). The van der Waals surface area contributed by atoms with Crippen LogP contribution in [0.3, 0.4) is 0 Å². The summed E-state index contributed by atoms with van der Waals surface area (Å²) in [5, 5.41) is 0.588. The largest absolute Gasteiger partial charge is 0.463 e. The number of nitrogens with zero attached hydrogens (tertiary/aromatic N) is 1. The summed E-state index contributed by atoms with van der Waals surface area (Å²) < 4.78 is 10.1. The molecule has 0 atom stereocenters. The molecule has 0 saturated carbocycles. The summed E-state index contributed by atoms with van der Waals surface area (Å²) in [5.74, 6) is -1.38. The molecule has 0 fully saturated rings. The average molecular weight is 389 g/mol. The lowest BCUT2D eigenvalue weighted by molar-refractivity contribution is -0.140. The van der Waals surface area contributed by atoms with Crippen LogP contribution in [-0.4, -0.2) is 37.5 Å². The number of ether oxygens (including phenoxy) is 2. The molecule has 0 radical (unpaired) electrons. The number of benzene rings is 1. The second-order valence-corrected chi connectivity index (χ2v) is 6.79. The first kappa shape index (κ1) is 20.8. The second kappa shape index (κ2) is 9.97. The molecule has 144 valence electrons. The Balaban J connectivity index is 2.21. The molecular formula is C20H23NO5S. The zero-order valence-corrected chi connectivity index (χ0v) is 16.3. The molecule has 7 heteroatoms. The van der Waals surface area contributed by atoms with Gasteiger partial charge in [-0.3, -0.25) is 4.79 Å². The quantitative estimate of drug-likeness (QED) is 0.210. The van der Waals surface area contributed by atoms with E-state index in [-0.39, 0.29) is 18.0 Å². The van der Waals surface area contributed by atoms with Gasteiger partial charge in [0.15, 0.2) is 5.78 Å². The lowest BCUT2D eigenvalue weighted by Crippen LogP contribution is -2.25. The number of carbonyl (C=O) groups excluding carboxylic acids is 3. The van der Waals surface area contributed by atoms with Crippen LogP contribution in [0.2, 0.25) is 0 Å². The first-order valence-corrected chi connectivity index (χ1v) is 9.57. The highest BCUT2D eigenvalue weighted by Gasteiger charge is 2.32. The van der Waals surface area contributed by atoms with Crippen LogP contribution in [0.15, 0.2) is 52.4 Å². The molecule has 0 N–H and O–H groups in total. The summed E-state index contributed by atoms with van der Waals surface area (Å²) in [6.45, 7) is 7.52. The van der Waals surface area contributed by atoms with Gasteiger partial charge < -0.3 is 14.4 Å². The molecule has 27 heavy (non-hydrogen) atoms. The average Bonchev–Trinajstić information content (AvgIpc) is 2.99. The second-order valence-electron chi connectivity index (χ2n) is 5.76. The maximum Gasteiger partial charge on any atom is 0.344 e. The summed E-state index contributed by atoms with van der Waals surface area (Å²) in [7, 11) is 0. The minimum atomic E-state index is -0.606. The van der Waals surface area contributed by atoms with E-state index in [0.29, 0.717) is 24.6 Å².